The van der Waals surface area contributed by atoms with Crippen molar-refractivity contribution in [1.82, 2.24) is 24.8 Å². The maximum atomic E-state index is 7.79. The molecule has 408 valence electrons. The first-order chi connectivity index (χ1) is 41.1. The second-order valence-corrected chi connectivity index (χ2v) is 21.2. The molecule has 0 spiro atoms. The fourth-order valence-corrected chi connectivity index (χ4v) is 11.4. The minimum atomic E-state index is -2.26. The van der Waals surface area contributed by atoms with Crippen molar-refractivity contribution in [2.24, 2.45) is 0 Å². The van der Waals surface area contributed by atoms with Gasteiger partial charge in [0.15, 0.2) is 28.6 Å². The van der Waals surface area contributed by atoms with Crippen LogP contribution in [0.4, 0.5) is 45.9 Å². The molecular formula is C67H73N11O2. The van der Waals surface area contributed by atoms with E-state index in [9.17, 15) is 0 Å². The number of furan rings is 2. The molecule has 4 aliphatic rings. The summed E-state index contributed by atoms with van der Waals surface area (Å²) in [6, 6.07) is 45.2. The molecule has 4 unspecified atom stereocenters. The second kappa shape index (κ2) is 21.7. The quantitative estimate of drug-likeness (QED) is 0.164. The molecule has 4 aliphatic heterocycles. The summed E-state index contributed by atoms with van der Waals surface area (Å²) in [5.74, 6) is 1.48. The minimum absolute atomic E-state index is 0.285. The molecule has 13 heteroatoms. The van der Waals surface area contributed by atoms with Gasteiger partial charge in [-0.1, -0.05) is 97.1 Å². The number of rotatable bonds is 5. The van der Waals surface area contributed by atoms with Gasteiger partial charge >= 0.3 is 0 Å². The van der Waals surface area contributed by atoms with Crippen LogP contribution in [-0.4, -0.2) is 76.5 Å². The molecule has 0 N–H and O–H groups in total. The average molecular weight is 1070 g/mol. The first-order valence-electron chi connectivity index (χ1n) is 30.4. The van der Waals surface area contributed by atoms with Gasteiger partial charge in [-0.2, -0.15) is 0 Å². The van der Waals surface area contributed by atoms with Crippen LogP contribution in [0, 0.1) is 27.7 Å². The predicted octanol–water partition coefficient (Wildman–Crippen LogP) is 15.7. The zero-order chi connectivity index (χ0) is 61.1. The highest BCUT2D eigenvalue weighted by Gasteiger charge is 2.35. The maximum absolute atomic E-state index is 7.79. The van der Waals surface area contributed by atoms with Crippen molar-refractivity contribution in [3.05, 3.63) is 199 Å². The molecule has 0 saturated heterocycles. The van der Waals surface area contributed by atoms with E-state index in [2.05, 4.69) is 156 Å². The van der Waals surface area contributed by atoms with Gasteiger partial charge in [0, 0.05) is 112 Å². The van der Waals surface area contributed by atoms with Crippen LogP contribution in [0.5, 0.6) is 0 Å². The Bertz CT molecular complexity index is 4060. The van der Waals surface area contributed by atoms with E-state index in [1.54, 1.807) is 12.4 Å². The molecule has 0 bridgehead atoms. The first kappa shape index (κ1) is 46.0. The second-order valence-electron chi connectivity index (χ2n) is 21.2. The van der Waals surface area contributed by atoms with E-state index in [0.29, 0.717) is 29.7 Å². The van der Waals surface area contributed by atoms with Gasteiger partial charge in [-0.25, -0.2) is 15.0 Å². The lowest BCUT2D eigenvalue weighted by Gasteiger charge is -2.33. The Balaban J connectivity index is 0.000000119. The molecule has 0 radical (unpaired) electrons. The highest BCUT2D eigenvalue weighted by molar-refractivity contribution is 6.11. The Labute approximate surface area is 479 Å². The van der Waals surface area contributed by atoms with E-state index in [1.165, 1.54) is 54.4 Å². The number of aryl methyl sites for hydroxylation is 4. The molecular weight excluding hydrogens is 991 g/mol. The molecule has 80 heavy (non-hydrogen) atoms. The van der Waals surface area contributed by atoms with E-state index in [4.69, 9.17) is 17.1 Å². The standard InChI is InChI=1S/C20H22N2O.C18H18N2O.C15H17N3.C14H16N4/c1-13(2)21-11-12-22(15(21)4)19-14(3)9-10-17-16-7-5-6-8-18(16)23-20(17)19;1-12-8-9-15-14-6-4-5-7-16(14)21-18(15)17(12)20-11-10-19(3)13(20)2;1-11-7-4-5-8-13(11)18-12(2)17(3)15-14(18)9-6-10-16-15;1-10-6-4-5-7-12(10)18-11(2)17(3)13-14(18)16-9-8-15-13/h5-13,15H,1-4H3;4-11,13H,1-3H3;4-10,12H,1-3H3;4-9,11H,1-3H3/i;;2*3D3. The molecule has 13 nitrogen and oxygen atoms in total. The van der Waals surface area contributed by atoms with Crippen molar-refractivity contribution in [3.63, 3.8) is 0 Å². The van der Waals surface area contributed by atoms with Gasteiger partial charge in [0.1, 0.15) is 35.8 Å². The minimum Gasteiger partial charge on any atom is -0.454 e. The lowest BCUT2D eigenvalue weighted by Crippen LogP contribution is -2.39. The van der Waals surface area contributed by atoms with Crippen LogP contribution < -0.4 is 29.4 Å². The summed E-state index contributed by atoms with van der Waals surface area (Å²) in [4.78, 5) is 28.7. The van der Waals surface area contributed by atoms with Gasteiger partial charge < -0.3 is 48.0 Å². The molecule has 0 aliphatic carbocycles. The van der Waals surface area contributed by atoms with Gasteiger partial charge in [-0.05, 0) is 128 Å². The Morgan fingerprint density at radius 1 is 0.438 bits per heavy atom. The van der Waals surface area contributed by atoms with Crippen molar-refractivity contribution in [3.8, 4) is 0 Å². The Hall–Kier alpha value is -8.97. The van der Waals surface area contributed by atoms with E-state index >= 15 is 0 Å². The zero-order valence-electron chi connectivity index (χ0n) is 53.4. The maximum Gasteiger partial charge on any atom is 0.178 e. The lowest BCUT2D eigenvalue weighted by atomic mass is 10.1. The number of pyridine rings is 1. The SMILES string of the molecule is Cc1ccc2c(oc3ccccc32)c1N1C=CN(C(C)C)C1C.Cc1ccc2c(oc3ccccc32)c1N1C=CN(C)C1C.[2H]C([2H])([2H])N1c2ncccc2N(c2ccccc2C)C1C.[2H]C([2H])([2H])N1c2nccnc2N(c2ccccc2C)C1C. The first-order valence-corrected chi connectivity index (χ1v) is 27.4. The summed E-state index contributed by atoms with van der Waals surface area (Å²) in [5.41, 5.74) is 13.6. The third-order valence-corrected chi connectivity index (χ3v) is 15.9. The van der Waals surface area contributed by atoms with Gasteiger partial charge in [-0.3, -0.25) is 0 Å². The van der Waals surface area contributed by atoms with Crippen LogP contribution >= 0.6 is 0 Å². The van der Waals surface area contributed by atoms with Gasteiger partial charge in [0.25, 0.3) is 0 Å². The number of nitrogens with zero attached hydrogens (tertiary/aromatic N) is 11. The van der Waals surface area contributed by atoms with Crippen molar-refractivity contribution in [2.75, 3.05) is 50.4 Å². The van der Waals surface area contributed by atoms with Gasteiger partial charge in [-0.15, -0.1) is 0 Å². The number of aromatic nitrogens is 3. The molecule has 14 rings (SSSR count). The number of hydrogen-bond donors (Lipinski definition) is 0. The van der Waals surface area contributed by atoms with Crippen LogP contribution in [0.1, 0.15) is 72.0 Å². The van der Waals surface area contributed by atoms with Gasteiger partial charge in [0.05, 0.1) is 17.1 Å². The normalized spacial score (nSPS) is 19.6. The fraction of sp³-hybridized carbons (Fsp3) is 0.269. The largest absolute Gasteiger partial charge is 0.454 e. The highest BCUT2D eigenvalue weighted by Crippen LogP contribution is 2.45. The van der Waals surface area contributed by atoms with Gasteiger partial charge in [0.2, 0.25) is 0 Å². The predicted molar refractivity (Wildman–Crippen MR) is 332 cm³/mol. The third-order valence-electron chi connectivity index (χ3n) is 15.9. The van der Waals surface area contributed by atoms with E-state index < -0.39 is 14.0 Å². The van der Waals surface area contributed by atoms with Crippen molar-refractivity contribution in [2.45, 2.75) is 99.9 Å². The number of fused-ring (bicyclic) bond motifs is 8. The molecule has 8 heterocycles. The van der Waals surface area contributed by atoms with E-state index in [1.807, 2.05) is 122 Å². The summed E-state index contributed by atoms with van der Waals surface area (Å²) in [7, 11) is 2.09. The van der Waals surface area contributed by atoms with Crippen molar-refractivity contribution in [1.29, 1.82) is 0 Å². The Morgan fingerprint density at radius 3 is 1.45 bits per heavy atom. The van der Waals surface area contributed by atoms with Crippen LogP contribution in [-0.2, 0) is 0 Å². The van der Waals surface area contributed by atoms with Crippen molar-refractivity contribution < 1.29 is 17.1 Å². The third kappa shape index (κ3) is 9.33. The highest BCUT2D eigenvalue weighted by atomic mass is 16.3. The van der Waals surface area contributed by atoms with Crippen LogP contribution in [0.3, 0.4) is 0 Å². The smallest absolute Gasteiger partial charge is 0.178 e. The molecule has 10 aromatic rings. The summed E-state index contributed by atoms with van der Waals surface area (Å²) in [6.07, 6.45) is 13.2. The average Bonchev–Trinajstić information content (AvgIpc) is 1.69. The molecule has 4 aromatic heterocycles. The summed E-state index contributed by atoms with van der Waals surface area (Å²) >= 11 is 0. The van der Waals surface area contributed by atoms with E-state index in [-0.39, 0.29) is 18.5 Å². The van der Waals surface area contributed by atoms with Crippen molar-refractivity contribution >= 4 is 89.8 Å². The van der Waals surface area contributed by atoms with Crippen LogP contribution in [0.25, 0.3) is 43.9 Å². The summed E-state index contributed by atoms with van der Waals surface area (Å²) in [5, 5.41) is 4.73. The van der Waals surface area contributed by atoms with E-state index in [0.717, 1.165) is 56.2 Å². The number of benzene rings is 6. The Morgan fingerprint density at radius 2 is 0.912 bits per heavy atom. The summed E-state index contributed by atoms with van der Waals surface area (Å²) in [6.45, 7) is 16.4. The fourth-order valence-electron chi connectivity index (χ4n) is 11.4. The van der Waals surface area contributed by atoms with Crippen LogP contribution in [0.15, 0.2) is 186 Å². The molecule has 6 aromatic carbocycles. The molecule has 0 amide bonds. The molecule has 0 saturated carbocycles. The summed E-state index contributed by atoms with van der Waals surface area (Å²) < 4.78 is 59.0. The lowest BCUT2D eigenvalue weighted by molar-refractivity contribution is 0.263. The number of hydrogen-bond acceptors (Lipinski definition) is 13. The number of anilines is 8. The number of para-hydroxylation sites is 4. The van der Waals surface area contributed by atoms with Crippen LogP contribution in [0.2, 0.25) is 0 Å². The monoisotopic (exact) mass is 1070 g/mol. The topological polar surface area (TPSA) is 90.9 Å². The zero-order valence-corrected chi connectivity index (χ0v) is 47.4. The Kier molecular flexibility index (Phi) is 12.5. The molecule has 0 fully saturated rings. The molecule has 4 atom stereocenters.